The van der Waals surface area contributed by atoms with Crippen LogP contribution in [0, 0.1) is 0 Å². The first kappa shape index (κ1) is 29.9. The summed E-state index contributed by atoms with van der Waals surface area (Å²) in [4.78, 5) is 27.5. The van der Waals surface area contributed by atoms with Gasteiger partial charge in [0.15, 0.2) is 0 Å². The van der Waals surface area contributed by atoms with Gasteiger partial charge in [-0.2, -0.15) is 0 Å². The van der Waals surface area contributed by atoms with E-state index in [0.29, 0.717) is 0 Å². The molecule has 1 heterocycles. The molecule has 202 valence electrons. The zero-order valence-corrected chi connectivity index (χ0v) is 22.6. The van der Waals surface area contributed by atoms with Gasteiger partial charge >= 0.3 is 5.97 Å². The monoisotopic (exact) mass is 499 g/mol. The summed E-state index contributed by atoms with van der Waals surface area (Å²) in [6, 6.07) is 6.40. The largest absolute Gasteiger partial charge is 0.480 e. The van der Waals surface area contributed by atoms with Crippen molar-refractivity contribution in [2.24, 2.45) is 0 Å². The summed E-state index contributed by atoms with van der Waals surface area (Å²) in [6.07, 6.45) is 20.6. The Morgan fingerprint density at radius 2 is 1.42 bits per heavy atom. The van der Waals surface area contributed by atoms with Gasteiger partial charge in [0.1, 0.15) is 6.04 Å². The van der Waals surface area contributed by atoms with E-state index in [0.717, 1.165) is 35.9 Å². The van der Waals surface area contributed by atoms with Gasteiger partial charge in [0.05, 0.1) is 6.04 Å². The summed E-state index contributed by atoms with van der Waals surface area (Å²) in [6.45, 7) is 4.83. The number of carboxylic acids is 1. The minimum atomic E-state index is -1.02. The molecular weight excluding hydrogens is 450 g/mol. The molecule has 0 unspecified atom stereocenters. The summed E-state index contributed by atoms with van der Waals surface area (Å²) in [5.74, 6) is -1.29. The molecule has 0 spiro atoms. The number of hydrogen-bond donors (Lipinski definition) is 4. The van der Waals surface area contributed by atoms with Crippen LogP contribution in [0.3, 0.4) is 0 Å². The van der Waals surface area contributed by atoms with Crippen LogP contribution >= 0.6 is 0 Å². The highest BCUT2D eigenvalue weighted by molar-refractivity contribution is 5.88. The first-order valence-electron chi connectivity index (χ1n) is 14.3. The van der Waals surface area contributed by atoms with Gasteiger partial charge in [0.25, 0.3) is 0 Å². The number of aromatic amines is 1. The average molecular weight is 500 g/mol. The van der Waals surface area contributed by atoms with E-state index in [-0.39, 0.29) is 12.3 Å². The Bertz CT molecular complexity index is 879. The molecule has 0 aliphatic carbocycles. The van der Waals surface area contributed by atoms with Crippen LogP contribution in [-0.4, -0.2) is 40.6 Å². The molecule has 0 bridgehead atoms. The number of aliphatic carboxylic acids is 1. The lowest BCUT2D eigenvalue weighted by Crippen LogP contribution is -2.50. The number of hydrogen-bond acceptors (Lipinski definition) is 3. The van der Waals surface area contributed by atoms with Crippen LogP contribution in [0.1, 0.15) is 109 Å². The normalized spacial score (nSPS) is 13.1. The van der Waals surface area contributed by atoms with Gasteiger partial charge in [-0.25, -0.2) is 4.79 Å². The van der Waals surface area contributed by atoms with Crippen molar-refractivity contribution in [1.82, 2.24) is 15.6 Å². The van der Waals surface area contributed by atoms with Gasteiger partial charge in [-0.05, 0) is 31.5 Å². The van der Waals surface area contributed by atoms with Crippen molar-refractivity contribution in [3.8, 4) is 0 Å². The van der Waals surface area contributed by atoms with Crippen molar-refractivity contribution in [3.63, 3.8) is 0 Å². The third kappa shape index (κ3) is 11.6. The minimum Gasteiger partial charge on any atom is -0.480 e. The molecule has 0 aliphatic rings. The van der Waals surface area contributed by atoms with Crippen LogP contribution < -0.4 is 10.6 Å². The Balaban J connectivity index is 1.52. The zero-order valence-electron chi connectivity index (χ0n) is 22.6. The van der Waals surface area contributed by atoms with E-state index in [9.17, 15) is 14.7 Å². The number of nitrogens with one attached hydrogen (secondary N) is 3. The van der Waals surface area contributed by atoms with Gasteiger partial charge in [-0.3, -0.25) is 4.79 Å². The van der Waals surface area contributed by atoms with Crippen LogP contribution in [0.25, 0.3) is 10.9 Å². The van der Waals surface area contributed by atoms with Gasteiger partial charge in [-0.15, -0.1) is 0 Å². The number of benzene rings is 1. The maximum absolute atomic E-state index is 12.6. The predicted molar refractivity (Wildman–Crippen MR) is 149 cm³/mol. The van der Waals surface area contributed by atoms with Crippen LogP contribution in [0.5, 0.6) is 0 Å². The second kappa shape index (κ2) is 18.0. The number of aromatic nitrogens is 1. The minimum absolute atomic E-state index is 0.247. The number of H-pyrrole nitrogens is 1. The number of carbonyl (C=O) groups excluding carboxylic acids is 1. The fourth-order valence-electron chi connectivity index (χ4n) is 4.75. The van der Waals surface area contributed by atoms with E-state index in [1.807, 2.05) is 30.5 Å². The van der Waals surface area contributed by atoms with Gasteiger partial charge in [-0.1, -0.05) is 109 Å². The first-order valence-corrected chi connectivity index (χ1v) is 14.3. The smallest absolute Gasteiger partial charge is 0.326 e. The highest BCUT2D eigenvalue weighted by atomic mass is 16.4. The molecule has 2 aromatic rings. The average Bonchev–Trinajstić information content (AvgIpc) is 3.28. The van der Waals surface area contributed by atoms with E-state index >= 15 is 0 Å². The molecule has 1 aromatic heterocycles. The van der Waals surface area contributed by atoms with E-state index in [4.69, 9.17) is 0 Å². The third-order valence-electron chi connectivity index (χ3n) is 7.09. The van der Waals surface area contributed by atoms with Crippen molar-refractivity contribution in [2.45, 2.75) is 122 Å². The molecule has 6 heteroatoms. The van der Waals surface area contributed by atoms with Crippen LogP contribution in [0.4, 0.5) is 0 Å². The Morgan fingerprint density at radius 3 is 2.00 bits per heavy atom. The summed E-state index contributed by atoms with van der Waals surface area (Å²) >= 11 is 0. The van der Waals surface area contributed by atoms with E-state index < -0.39 is 18.1 Å². The van der Waals surface area contributed by atoms with Crippen molar-refractivity contribution < 1.29 is 14.7 Å². The number of carboxylic acid groups (broad SMARTS) is 1. The molecule has 1 aromatic carbocycles. The first-order chi connectivity index (χ1) is 17.5. The van der Waals surface area contributed by atoms with Crippen molar-refractivity contribution in [1.29, 1.82) is 0 Å². The Kier molecular flexibility index (Phi) is 14.9. The van der Waals surface area contributed by atoms with Crippen molar-refractivity contribution in [3.05, 3.63) is 36.0 Å². The molecule has 0 saturated heterocycles. The SMILES string of the molecule is CCCCCCCCCCCCCCCCN[C@@H](C)C(=O)N[C@@H](Cc1c[nH]c2ccccc12)C(=O)O. The summed E-state index contributed by atoms with van der Waals surface area (Å²) in [5.41, 5.74) is 1.85. The molecule has 0 saturated carbocycles. The quantitative estimate of drug-likeness (QED) is 0.143. The third-order valence-corrected chi connectivity index (χ3v) is 7.09. The highest BCUT2D eigenvalue weighted by Crippen LogP contribution is 2.19. The number of amides is 1. The molecule has 36 heavy (non-hydrogen) atoms. The Hall–Kier alpha value is -2.34. The molecular formula is C30H49N3O3. The van der Waals surface area contributed by atoms with Crippen LogP contribution in [0.2, 0.25) is 0 Å². The number of fused-ring (bicyclic) bond motifs is 1. The standard InChI is InChI=1S/C30H49N3O3/c1-3-4-5-6-7-8-9-10-11-12-13-14-15-18-21-31-24(2)29(34)33-28(30(35)36)22-25-23-32-27-20-17-16-19-26(25)27/h16-17,19-20,23-24,28,31-32H,3-15,18,21-22H2,1-2H3,(H,33,34)(H,35,36)/t24-,28-/m0/s1. The van der Waals surface area contributed by atoms with E-state index in [1.165, 1.54) is 77.0 Å². The second-order valence-electron chi connectivity index (χ2n) is 10.2. The fraction of sp³-hybridized carbons (Fsp3) is 0.667. The van der Waals surface area contributed by atoms with Crippen LogP contribution in [-0.2, 0) is 16.0 Å². The van der Waals surface area contributed by atoms with Crippen molar-refractivity contribution >= 4 is 22.8 Å². The topological polar surface area (TPSA) is 94.2 Å². The van der Waals surface area contributed by atoms with Gasteiger partial charge in [0, 0.05) is 23.5 Å². The van der Waals surface area contributed by atoms with E-state index in [1.54, 1.807) is 6.92 Å². The lowest BCUT2D eigenvalue weighted by atomic mass is 10.0. The number of para-hydroxylation sites is 1. The lowest BCUT2D eigenvalue weighted by Gasteiger charge is -2.18. The van der Waals surface area contributed by atoms with Gasteiger partial charge in [0.2, 0.25) is 5.91 Å². The summed E-state index contributed by atoms with van der Waals surface area (Å²) in [7, 11) is 0. The Labute approximate surface area is 218 Å². The molecule has 6 nitrogen and oxygen atoms in total. The zero-order chi connectivity index (χ0) is 26.0. The molecule has 0 fully saturated rings. The van der Waals surface area contributed by atoms with E-state index in [2.05, 4.69) is 22.5 Å². The number of unbranched alkanes of at least 4 members (excludes halogenated alkanes) is 13. The maximum atomic E-state index is 12.6. The predicted octanol–water partition coefficient (Wildman–Crippen LogP) is 6.74. The molecule has 2 rings (SSSR count). The fourth-order valence-corrected chi connectivity index (χ4v) is 4.75. The summed E-state index contributed by atoms with van der Waals surface area (Å²) in [5, 5.41) is 16.6. The highest BCUT2D eigenvalue weighted by Gasteiger charge is 2.24. The summed E-state index contributed by atoms with van der Waals surface area (Å²) < 4.78 is 0. The number of carbonyl (C=O) groups is 2. The maximum Gasteiger partial charge on any atom is 0.326 e. The van der Waals surface area contributed by atoms with Crippen LogP contribution in [0.15, 0.2) is 30.5 Å². The number of rotatable bonds is 21. The molecule has 1 amide bonds. The molecule has 4 N–H and O–H groups in total. The lowest BCUT2D eigenvalue weighted by molar-refractivity contribution is -0.142. The van der Waals surface area contributed by atoms with Gasteiger partial charge < -0.3 is 20.7 Å². The molecule has 2 atom stereocenters. The molecule has 0 radical (unpaired) electrons. The second-order valence-corrected chi connectivity index (χ2v) is 10.2. The Morgan fingerprint density at radius 1 is 0.861 bits per heavy atom. The molecule has 0 aliphatic heterocycles. The van der Waals surface area contributed by atoms with Crippen molar-refractivity contribution in [2.75, 3.05) is 6.54 Å².